The average molecular weight is 430 g/mol. The number of carbonyl (C=O) groups is 1. The first-order valence-corrected chi connectivity index (χ1v) is 10.7. The number of tetrazole rings is 1. The number of nitrogens with one attached hydrogen (secondary N) is 1. The lowest BCUT2D eigenvalue weighted by Crippen LogP contribution is -2.25. The number of imidazole rings is 1. The van der Waals surface area contributed by atoms with Crippen LogP contribution in [0.5, 0.6) is 0 Å². The van der Waals surface area contributed by atoms with Crippen LogP contribution < -0.4 is 5.32 Å². The SMILES string of the molecule is CCn1ccnc1CNC(=O)c1cc(-c2ccc(C)cc2)cc(-n2nnnc2C(C)C)c1. The van der Waals surface area contributed by atoms with Crippen molar-refractivity contribution in [3.05, 3.63) is 77.6 Å². The molecule has 2 heterocycles. The smallest absolute Gasteiger partial charge is 0.251 e. The van der Waals surface area contributed by atoms with Crippen LogP contribution >= 0.6 is 0 Å². The molecule has 164 valence electrons. The molecule has 32 heavy (non-hydrogen) atoms. The molecule has 0 unspecified atom stereocenters. The van der Waals surface area contributed by atoms with Crippen molar-refractivity contribution in [2.45, 2.75) is 46.7 Å². The molecule has 0 aliphatic carbocycles. The number of amides is 1. The number of aromatic nitrogens is 6. The number of carbonyl (C=O) groups excluding carboxylic acids is 1. The minimum atomic E-state index is -0.176. The van der Waals surface area contributed by atoms with Crippen LogP contribution in [-0.4, -0.2) is 35.7 Å². The van der Waals surface area contributed by atoms with Gasteiger partial charge in [0.25, 0.3) is 5.91 Å². The normalized spacial score (nSPS) is 11.2. The highest BCUT2D eigenvalue weighted by Crippen LogP contribution is 2.26. The minimum Gasteiger partial charge on any atom is -0.345 e. The zero-order chi connectivity index (χ0) is 22.7. The molecule has 0 spiro atoms. The first-order chi connectivity index (χ1) is 15.5. The lowest BCUT2D eigenvalue weighted by molar-refractivity contribution is 0.0949. The largest absolute Gasteiger partial charge is 0.345 e. The van der Waals surface area contributed by atoms with Crippen molar-refractivity contribution in [2.24, 2.45) is 0 Å². The van der Waals surface area contributed by atoms with E-state index in [1.807, 2.05) is 49.7 Å². The molecule has 0 saturated carbocycles. The van der Waals surface area contributed by atoms with E-state index in [2.05, 4.69) is 57.0 Å². The Hall–Kier alpha value is -3.81. The Morgan fingerprint density at radius 2 is 1.88 bits per heavy atom. The summed E-state index contributed by atoms with van der Waals surface area (Å²) in [5.41, 5.74) is 4.41. The highest BCUT2D eigenvalue weighted by molar-refractivity contribution is 5.96. The van der Waals surface area contributed by atoms with Crippen LogP contribution in [0.4, 0.5) is 0 Å². The van der Waals surface area contributed by atoms with Crippen molar-refractivity contribution in [3.8, 4) is 16.8 Å². The van der Waals surface area contributed by atoms with Crippen LogP contribution in [0.15, 0.2) is 54.9 Å². The molecule has 0 fully saturated rings. The molecule has 8 heteroatoms. The molecular weight excluding hydrogens is 402 g/mol. The molecule has 0 atom stereocenters. The standard InChI is InChI=1S/C24H27N7O/c1-5-30-11-10-25-22(30)15-26-24(32)20-12-19(18-8-6-17(4)7-9-18)13-21(14-20)31-23(16(2)3)27-28-29-31/h6-14,16H,5,15H2,1-4H3,(H,26,32). The van der Waals surface area contributed by atoms with E-state index >= 15 is 0 Å². The van der Waals surface area contributed by atoms with E-state index < -0.39 is 0 Å². The second kappa shape index (κ2) is 9.13. The summed E-state index contributed by atoms with van der Waals surface area (Å²) in [6, 6.07) is 13.9. The second-order valence-corrected chi connectivity index (χ2v) is 8.05. The summed E-state index contributed by atoms with van der Waals surface area (Å²) in [6.45, 7) is 9.32. The van der Waals surface area contributed by atoms with E-state index in [0.29, 0.717) is 12.1 Å². The van der Waals surface area contributed by atoms with Crippen LogP contribution in [0.1, 0.15) is 54.3 Å². The maximum absolute atomic E-state index is 13.1. The molecule has 0 saturated heterocycles. The fraction of sp³-hybridized carbons (Fsp3) is 0.292. The van der Waals surface area contributed by atoms with Crippen molar-refractivity contribution in [1.29, 1.82) is 0 Å². The average Bonchev–Trinajstić information content (AvgIpc) is 3.47. The van der Waals surface area contributed by atoms with Crippen LogP contribution in [0, 0.1) is 6.92 Å². The van der Waals surface area contributed by atoms with Gasteiger partial charge in [-0.25, -0.2) is 4.98 Å². The highest BCUT2D eigenvalue weighted by Gasteiger charge is 2.16. The van der Waals surface area contributed by atoms with Crippen molar-refractivity contribution < 1.29 is 4.79 Å². The topological polar surface area (TPSA) is 90.5 Å². The van der Waals surface area contributed by atoms with E-state index in [1.54, 1.807) is 10.9 Å². The predicted octanol–water partition coefficient (Wildman–Crippen LogP) is 3.91. The number of benzene rings is 2. The molecule has 8 nitrogen and oxygen atoms in total. The Morgan fingerprint density at radius 1 is 1.09 bits per heavy atom. The monoisotopic (exact) mass is 429 g/mol. The van der Waals surface area contributed by atoms with Crippen molar-refractivity contribution >= 4 is 5.91 Å². The molecule has 4 rings (SSSR count). The Labute approximate surface area is 187 Å². The van der Waals surface area contributed by atoms with Gasteiger partial charge in [-0.3, -0.25) is 4.79 Å². The van der Waals surface area contributed by atoms with E-state index in [4.69, 9.17) is 0 Å². The lowest BCUT2D eigenvalue weighted by atomic mass is 10.0. The summed E-state index contributed by atoms with van der Waals surface area (Å²) in [5.74, 6) is 1.52. The molecule has 1 N–H and O–H groups in total. The third kappa shape index (κ3) is 4.44. The Kier molecular flexibility index (Phi) is 6.11. The van der Waals surface area contributed by atoms with Gasteiger partial charge < -0.3 is 9.88 Å². The number of aryl methyl sites for hydroxylation is 2. The summed E-state index contributed by atoms with van der Waals surface area (Å²) in [4.78, 5) is 17.4. The van der Waals surface area contributed by atoms with Gasteiger partial charge in [0.1, 0.15) is 5.82 Å². The van der Waals surface area contributed by atoms with E-state index in [0.717, 1.165) is 35.0 Å². The van der Waals surface area contributed by atoms with Crippen LogP contribution in [-0.2, 0) is 13.1 Å². The molecule has 0 aliphatic rings. The van der Waals surface area contributed by atoms with Crippen LogP contribution in [0.2, 0.25) is 0 Å². The van der Waals surface area contributed by atoms with Gasteiger partial charge in [-0.05, 0) is 53.6 Å². The van der Waals surface area contributed by atoms with Gasteiger partial charge in [-0.1, -0.05) is 43.7 Å². The maximum atomic E-state index is 13.1. The summed E-state index contributed by atoms with van der Waals surface area (Å²) in [5, 5.41) is 15.2. The van der Waals surface area contributed by atoms with Gasteiger partial charge in [0.15, 0.2) is 5.82 Å². The maximum Gasteiger partial charge on any atom is 0.251 e. The molecule has 0 aliphatic heterocycles. The fourth-order valence-corrected chi connectivity index (χ4v) is 3.57. The van der Waals surface area contributed by atoms with Gasteiger partial charge in [-0.2, -0.15) is 4.68 Å². The third-order valence-corrected chi connectivity index (χ3v) is 5.37. The summed E-state index contributed by atoms with van der Waals surface area (Å²) in [7, 11) is 0. The van der Waals surface area contributed by atoms with E-state index in [-0.39, 0.29) is 11.8 Å². The second-order valence-electron chi connectivity index (χ2n) is 8.05. The molecule has 2 aromatic carbocycles. The van der Waals surface area contributed by atoms with Gasteiger partial charge in [0.2, 0.25) is 0 Å². The number of hydrogen-bond donors (Lipinski definition) is 1. The molecule has 0 bridgehead atoms. The first kappa shape index (κ1) is 21.4. The van der Waals surface area contributed by atoms with Gasteiger partial charge in [0.05, 0.1) is 12.2 Å². The summed E-state index contributed by atoms with van der Waals surface area (Å²) < 4.78 is 3.70. The number of hydrogen-bond acceptors (Lipinski definition) is 5. The van der Waals surface area contributed by atoms with Crippen LogP contribution in [0.3, 0.4) is 0 Å². The van der Waals surface area contributed by atoms with Gasteiger partial charge in [-0.15, -0.1) is 5.10 Å². The Morgan fingerprint density at radius 3 is 2.59 bits per heavy atom. The Bertz CT molecular complexity index is 1220. The Balaban J connectivity index is 1.72. The quantitative estimate of drug-likeness (QED) is 0.481. The fourth-order valence-electron chi connectivity index (χ4n) is 3.57. The van der Waals surface area contributed by atoms with Crippen molar-refractivity contribution in [1.82, 2.24) is 35.1 Å². The highest BCUT2D eigenvalue weighted by atomic mass is 16.1. The van der Waals surface area contributed by atoms with E-state index in [9.17, 15) is 4.79 Å². The first-order valence-electron chi connectivity index (χ1n) is 10.7. The minimum absolute atomic E-state index is 0.137. The van der Waals surface area contributed by atoms with Gasteiger partial charge >= 0.3 is 0 Å². The zero-order valence-corrected chi connectivity index (χ0v) is 18.8. The van der Waals surface area contributed by atoms with Crippen molar-refractivity contribution in [3.63, 3.8) is 0 Å². The van der Waals surface area contributed by atoms with Gasteiger partial charge in [0, 0.05) is 30.4 Å². The third-order valence-electron chi connectivity index (χ3n) is 5.37. The van der Waals surface area contributed by atoms with Crippen LogP contribution in [0.25, 0.3) is 16.8 Å². The summed E-state index contributed by atoms with van der Waals surface area (Å²) >= 11 is 0. The zero-order valence-electron chi connectivity index (χ0n) is 18.8. The summed E-state index contributed by atoms with van der Waals surface area (Å²) in [6.07, 6.45) is 3.65. The van der Waals surface area contributed by atoms with E-state index in [1.165, 1.54) is 5.56 Å². The molecular formula is C24H27N7O. The molecule has 1 amide bonds. The lowest BCUT2D eigenvalue weighted by Gasteiger charge is -2.13. The molecule has 2 aromatic heterocycles. The number of rotatable bonds is 7. The predicted molar refractivity (Wildman–Crippen MR) is 122 cm³/mol. The molecule has 4 aromatic rings. The number of nitrogens with zero attached hydrogens (tertiary/aromatic N) is 6. The molecule has 0 radical (unpaired) electrons. The van der Waals surface area contributed by atoms with Crippen molar-refractivity contribution in [2.75, 3.05) is 0 Å².